The number of aromatic nitrogens is 1. The van der Waals surface area contributed by atoms with Gasteiger partial charge in [0.25, 0.3) is 0 Å². The molecule has 0 atom stereocenters. The van der Waals surface area contributed by atoms with Gasteiger partial charge in [-0.3, -0.25) is 9.78 Å². The Hall–Kier alpha value is -1.87. The summed E-state index contributed by atoms with van der Waals surface area (Å²) in [4.78, 5) is 16.4. The SMILES string of the molecule is O=C(c1ccncc1Cl)c1cccc2c1OCCC2. The number of carbonyl (C=O) groups excluding carboxylic acids is 1. The van der Waals surface area contributed by atoms with E-state index >= 15 is 0 Å². The minimum Gasteiger partial charge on any atom is -0.493 e. The van der Waals surface area contributed by atoms with Gasteiger partial charge in [0.1, 0.15) is 5.75 Å². The molecule has 1 aliphatic heterocycles. The van der Waals surface area contributed by atoms with Crippen LogP contribution in [0.1, 0.15) is 27.9 Å². The van der Waals surface area contributed by atoms with Crippen molar-refractivity contribution >= 4 is 17.4 Å². The van der Waals surface area contributed by atoms with Crippen LogP contribution in [0.25, 0.3) is 0 Å². The van der Waals surface area contributed by atoms with Crippen molar-refractivity contribution in [1.82, 2.24) is 4.98 Å². The molecule has 0 saturated carbocycles. The summed E-state index contributed by atoms with van der Waals surface area (Å²) in [7, 11) is 0. The zero-order valence-electron chi connectivity index (χ0n) is 10.2. The highest BCUT2D eigenvalue weighted by Gasteiger charge is 2.21. The first-order valence-corrected chi connectivity index (χ1v) is 6.54. The number of nitrogens with zero attached hydrogens (tertiary/aromatic N) is 1. The highest BCUT2D eigenvalue weighted by Crippen LogP contribution is 2.31. The number of ether oxygens (including phenoxy) is 1. The quantitative estimate of drug-likeness (QED) is 0.788. The molecule has 0 saturated heterocycles. The fourth-order valence-electron chi connectivity index (χ4n) is 2.27. The third kappa shape index (κ3) is 2.22. The Morgan fingerprint density at radius 3 is 3.00 bits per heavy atom. The minimum atomic E-state index is -0.119. The first-order chi connectivity index (χ1) is 9.27. The van der Waals surface area contributed by atoms with Crippen molar-refractivity contribution < 1.29 is 9.53 Å². The lowest BCUT2D eigenvalue weighted by atomic mass is 9.97. The molecule has 0 bridgehead atoms. The lowest BCUT2D eigenvalue weighted by molar-refractivity contribution is 0.103. The van der Waals surface area contributed by atoms with E-state index in [0.29, 0.717) is 28.5 Å². The molecule has 0 unspecified atom stereocenters. The number of carbonyl (C=O) groups is 1. The molecule has 19 heavy (non-hydrogen) atoms. The van der Waals surface area contributed by atoms with Gasteiger partial charge in [0.15, 0.2) is 5.78 Å². The summed E-state index contributed by atoms with van der Waals surface area (Å²) in [6, 6.07) is 7.30. The van der Waals surface area contributed by atoms with Crippen molar-refractivity contribution in [1.29, 1.82) is 0 Å². The summed E-state index contributed by atoms with van der Waals surface area (Å²) in [6.07, 6.45) is 4.97. The molecule has 0 radical (unpaired) electrons. The smallest absolute Gasteiger partial charge is 0.198 e. The van der Waals surface area contributed by atoms with Crippen LogP contribution in [0.4, 0.5) is 0 Å². The standard InChI is InChI=1S/C15H12ClNO2/c16-13-9-17-7-6-11(13)14(18)12-5-1-3-10-4-2-8-19-15(10)12/h1,3,5-7,9H,2,4,8H2. The van der Waals surface area contributed by atoms with Gasteiger partial charge in [0, 0.05) is 18.0 Å². The van der Waals surface area contributed by atoms with Crippen LogP contribution in [0, 0.1) is 0 Å². The van der Waals surface area contributed by atoms with E-state index in [4.69, 9.17) is 16.3 Å². The summed E-state index contributed by atoms with van der Waals surface area (Å²) < 4.78 is 5.66. The minimum absolute atomic E-state index is 0.119. The normalized spacial score (nSPS) is 13.5. The number of para-hydroxylation sites is 1. The summed E-state index contributed by atoms with van der Waals surface area (Å²) in [5, 5.41) is 0.362. The van der Waals surface area contributed by atoms with Gasteiger partial charge in [-0.25, -0.2) is 0 Å². The number of hydrogen-bond donors (Lipinski definition) is 0. The lowest BCUT2D eigenvalue weighted by Gasteiger charge is -2.19. The zero-order chi connectivity index (χ0) is 13.2. The van der Waals surface area contributed by atoms with Crippen LogP contribution in [-0.2, 0) is 6.42 Å². The van der Waals surface area contributed by atoms with Crippen LogP contribution in [-0.4, -0.2) is 17.4 Å². The number of halogens is 1. The molecule has 0 fully saturated rings. The molecule has 1 aromatic carbocycles. The summed E-state index contributed by atoms with van der Waals surface area (Å²) in [6.45, 7) is 0.654. The van der Waals surface area contributed by atoms with Crippen LogP contribution < -0.4 is 4.74 Å². The average molecular weight is 274 g/mol. The molecule has 96 valence electrons. The predicted molar refractivity (Wildman–Crippen MR) is 72.9 cm³/mol. The zero-order valence-corrected chi connectivity index (χ0v) is 11.0. The van der Waals surface area contributed by atoms with Gasteiger partial charge in [-0.2, -0.15) is 0 Å². The Bertz CT molecular complexity index is 640. The fraction of sp³-hybridized carbons (Fsp3) is 0.200. The molecule has 3 nitrogen and oxygen atoms in total. The Labute approximate surface area is 116 Å². The molecule has 1 aromatic heterocycles. The molecule has 0 amide bonds. The molecular weight excluding hydrogens is 262 g/mol. The van der Waals surface area contributed by atoms with Gasteiger partial charge < -0.3 is 4.74 Å². The van der Waals surface area contributed by atoms with Crippen LogP contribution in [0.5, 0.6) is 5.75 Å². The Kier molecular flexibility index (Phi) is 3.22. The van der Waals surface area contributed by atoms with Gasteiger partial charge in [-0.1, -0.05) is 23.7 Å². The summed E-state index contributed by atoms with van der Waals surface area (Å²) in [5.41, 5.74) is 2.12. The van der Waals surface area contributed by atoms with Gasteiger partial charge in [0.2, 0.25) is 0 Å². The fourth-order valence-corrected chi connectivity index (χ4v) is 2.48. The van der Waals surface area contributed by atoms with Crippen LogP contribution >= 0.6 is 11.6 Å². The van der Waals surface area contributed by atoms with Gasteiger partial charge >= 0.3 is 0 Å². The van der Waals surface area contributed by atoms with E-state index in [1.54, 1.807) is 18.3 Å². The Morgan fingerprint density at radius 2 is 2.16 bits per heavy atom. The van der Waals surface area contributed by atoms with Crippen molar-refractivity contribution in [2.75, 3.05) is 6.61 Å². The van der Waals surface area contributed by atoms with E-state index in [0.717, 1.165) is 18.4 Å². The van der Waals surface area contributed by atoms with Gasteiger partial charge in [0.05, 0.1) is 17.2 Å². The number of ketones is 1. The second-order valence-electron chi connectivity index (χ2n) is 4.43. The largest absolute Gasteiger partial charge is 0.493 e. The number of aryl methyl sites for hydroxylation is 1. The number of rotatable bonds is 2. The molecule has 0 spiro atoms. The van der Waals surface area contributed by atoms with Crippen LogP contribution in [0.15, 0.2) is 36.7 Å². The van der Waals surface area contributed by atoms with Gasteiger partial charge in [-0.05, 0) is 30.5 Å². The highest BCUT2D eigenvalue weighted by atomic mass is 35.5. The molecule has 2 heterocycles. The van der Waals surface area contributed by atoms with E-state index in [1.807, 2.05) is 12.1 Å². The maximum absolute atomic E-state index is 12.5. The highest BCUT2D eigenvalue weighted by molar-refractivity contribution is 6.35. The Morgan fingerprint density at radius 1 is 1.26 bits per heavy atom. The molecule has 0 N–H and O–H groups in total. The monoisotopic (exact) mass is 273 g/mol. The van der Waals surface area contributed by atoms with E-state index in [-0.39, 0.29) is 5.78 Å². The number of pyridine rings is 1. The van der Waals surface area contributed by atoms with E-state index in [1.165, 1.54) is 6.20 Å². The molecule has 1 aliphatic rings. The first kappa shape index (κ1) is 12.2. The molecule has 4 heteroatoms. The predicted octanol–water partition coefficient (Wildman–Crippen LogP) is 3.29. The molecule has 2 aromatic rings. The van der Waals surface area contributed by atoms with E-state index in [2.05, 4.69) is 4.98 Å². The first-order valence-electron chi connectivity index (χ1n) is 6.16. The maximum atomic E-state index is 12.5. The van der Waals surface area contributed by atoms with Gasteiger partial charge in [-0.15, -0.1) is 0 Å². The van der Waals surface area contributed by atoms with Crippen molar-refractivity contribution in [2.45, 2.75) is 12.8 Å². The van der Waals surface area contributed by atoms with E-state index in [9.17, 15) is 4.79 Å². The number of fused-ring (bicyclic) bond motifs is 1. The van der Waals surface area contributed by atoms with Crippen molar-refractivity contribution in [2.24, 2.45) is 0 Å². The third-order valence-corrected chi connectivity index (χ3v) is 3.50. The number of benzene rings is 1. The van der Waals surface area contributed by atoms with Crippen molar-refractivity contribution in [3.05, 3.63) is 58.4 Å². The molecule has 0 aliphatic carbocycles. The lowest BCUT2D eigenvalue weighted by Crippen LogP contribution is -2.13. The van der Waals surface area contributed by atoms with Crippen LogP contribution in [0.2, 0.25) is 5.02 Å². The van der Waals surface area contributed by atoms with E-state index < -0.39 is 0 Å². The Balaban J connectivity index is 2.08. The van der Waals surface area contributed by atoms with Crippen molar-refractivity contribution in [3.63, 3.8) is 0 Å². The van der Waals surface area contributed by atoms with Crippen LogP contribution in [0.3, 0.4) is 0 Å². The topological polar surface area (TPSA) is 39.2 Å². The second-order valence-corrected chi connectivity index (χ2v) is 4.84. The maximum Gasteiger partial charge on any atom is 0.198 e. The summed E-state index contributed by atoms with van der Waals surface area (Å²) in [5.74, 6) is 0.581. The molecular formula is C15H12ClNO2. The summed E-state index contributed by atoms with van der Waals surface area (Å²) >= 11 is 6.03. The second kappa shape index (κ2) is 5.02. The molecule has 3 rings (SSSR count). The number of hydrogen-bond acceptors (Lipinski definition) is 3. The average Bonchev–Trinajstić information content (AvgIpc) is 2.46. The van der Waals surface area contributed by atoms with Crippen molar-refractivity contribution in [3.8, 4) is 5.75 Å². The third-order valence-electron chi connectivity index (χ3n) is 3.20.